The lowest BCUT2D eigenvalue weighted by Gasteiger charge is -2.06. The second-order valence-corrected chi connectivity index (χ2v) is 7.63. The summed E-state index contributed by atoms with van der Waals surface area (Å²) in [5.41, 5.74) is 0.449. The fraction of sp³-hybridized carbons (Fsp3) is 0.583. The Labute approximate surface area is 188 Å². The van der Waals surface area contributed by atoms with Gasteiger partial charge < -0.3 is 19.7 Å². The summed E-state index contributed by atoms with van der Waals surface area (Å²) in [4.78, 5) is 46.1. The third-order valence-corrected chi connectivity index (χ3v) is 4.87. The van der Waals surface area contributed by atoms with Gasteiger partial charge in [0.2, 0.25) is 0 Å². The van der Waals surface area contributed by atoms with E-state index in [1.807, 2.05) is 0 Å². The van der Waals surface area contributed by atoms with E-state index in [0.29, 0.717) is 25.0 Å². The predicted octanol–water partition coefficient (Wildman–Crippen LogP) is 4.28. The van der Waals surface area contributed by atoms with Crippen LogP contribution in [0.3, 0.4) is 0 Å². The number of aliphatic hydroxyl groups excluding tert-OH is 1. The molecule has 0 saturated carbocycles. The molecule has 178 valence electrons. The highest BCUT2D eigenvalue weighted by Gasteiger charge is 2.14. The maximum Gasteiger partial charge on any atom is 0.345 e. The molecule has 0 heterocycles. The molecular formula is C24H34O8. The first-order chi connectivity index (χ1) is 15.4. The van der Waals surface area contributed by atoms with Crippen LogP contribution in [0.15, 0.2) is 24.3 Å². The van der Waals surface area contributed by atoms with E-state index in [1.165, 1.54) is 24.3 Å². The number of carbonyl (C=O) groups is 4. The van der Waals surface area contributed by atoms with Crippen LogP contribution in [0.2, 0.25) is 0 Å². The zero-order chi connectivity index (χ0) is 23.6. The number of carboxylic acids is 1. The van der Waals surface area contributed by atoms with Gasteiger partial charge in [-0.05, 0) is 49.9 Å². The second-order valence-electron chi connectivity index (χ2n) is 7.63. The molecule has 0 aliphatic heterocycles. The molecule has 1 rings (SSSR count). The maximum atomic E-state index is 12.1. The average molecular weight is 451 g/mol. The van der Waals surface area contributed by atoms with Gasteiger partial charge in [0.1, 0.15) is 0 Å². The number of hydrogen-bond acceptors (Lipinski definition) is 7. The zero-order valence-corrected chi connectivity index (χ0v) is 18.6. The lowest BCUT2D eigenvalue weighted by molar-refractivity contribution is -0.139. The van der Waals surface area contributed by atoms with Crippen molar-refractivity contribution in [1.82, 2.24) is 0 Å². The number of aliphatic carboxylic acids is 1. The third kappa shape index (κ3) is 12.8. The van der Waals surface area contributed by atoms with Gasteiger partial charge >= 0.3 is 23.9 Å². The van der Waals surface area contributed by atoms with Gasteiger partial charge in [-0.1, -0.05) is 38.5 Å². The van der Waals surface area contributed by atoms with Crippen molar-refractivity contribution in [3.8, 4) is 0 Å². The molecule has 8 nitrogen and oxygen atoms in total. The number of ether oxygens (including phenoxy) is 2. The number of esters is 3. The third-order valence-electron chi connectivity index (χ3n) is 4.87. The van der Waals surface area contributed by atoms with E-state index in [-0.39, 0.29) is 25.0 Å². The summed E-state index contributed by atoms with van der Waals surface area (Å²) in [5.74, 6) is -2.93. The van der Waals surface area contributed by atoms with Crippen LogP contribution >= 0.6 is 0 Å². The standard InChI is InChI=1S/C24H34O8/c25-17-9-5-3-1-2-4-6-10-18-31-23(29)19-13-15-20(16-14-19)24(30)32-22(28)12-8-7-11-21(26)27/h13-16,25H,1-12,17-18H2,(H,26,27). The van der Waals surface area contributed by atoms with Crippen LogP contribution in [0, 0.1) is 0 Å². The SMILES string of the molecule is O=C(O)CCCCC(=O)OC(=O)c1ccc(C(=O)OCCCCCCCCCCO)cc1. The molecule has 0 radical (unpaired) electrons. The van der Waals surface area contributed by atoms with E-state index in [2.05, 4.69) is 0 Å². The van der Waals surface area contributed by atoms with Crippen LogP contribution in [0.1, 0.15) is 97.8 Å². The van der Waals surface area contributed by atoms with Gasteiger partial charge in [-0.2, -0.15) is 0 Å². The molecule has 0 atom stereocenters. The highest BCUT2D eigenvalue weighted by atomic mass is 16.6. The Balaban J connectivity index is 2.22. The monoisotopic (exact) mass is 450 g/mol. The van der Waals surface area contributed by atoms with Crippen molar-refractivity contribution in [2.24, 2.45) is 0 Å². The fourth-order valence-corrected chi connectivity index (χ4v) is 3.02. The molecule has 0 aromatic heterocycles. The van der Waals surface area contributed by atoms with Gasteiger partial charge in [0.15, 0.2) is 0 Å². The minimum atomic E-state index is -0.936. The Morgan fingerprint density at radius 1 is 0.656 bits per heavy atom. The van der Waals surface area contributed by atoms with Crippen molar-refractivity contribution in [2.75, 3.05) is 13.2 Å². The summed E-state index contributed by atoms with van der Waals surface area (Å²) in [6.07, 6.45) is 8.83. The molecule has 0 unspecified atom stereocenters. The van der Waals surface area contributed by atoms with Crippen molar-refractivity contribution < 1.29 is 38.9 Å². The first-order valence-corrected chi connectivity index (χ1v) is 11.3. The number of carboxylic acid groups (broad SMARTS) is 1. The van der Waals surface area contributed by atoms with Crippen LogP contribution in [0.4, 0.5) is 0 Å². The normalized spacial score (nSPS) is 10.5. The minimum absolute atomic E-state index is 0.0346. The second kappa shape index (κ2) is 16.9. The quantitative estimate of drug-likeness (QED) is 0.204. The topological polar surface area (TPSA) is 127 Å². The largest absolute Gasteiger partial charge is 0.481 e. The molecule has 1 aromatic carbocycles. The molecule has 0 aliphatic carbocycles. The fourth-order valence-electron chi connectivity index (χ4n) is 3.02. The molecule has 0 saturated heterocycles. The van der Waals surface area contributed by atoms with Crippen LogP contribution in [0.5, 0.6) is 0 Å². The van der Waals surface area contributed by atoms with Crippen LogP contribution < -0.4 is 0 Å². The Morgan fingerprint density at radius 3 is 1.72 bits per heavy atom. The zero-order valence-electron chi connectivity index (χ0n) is 18.6. The molecule has 0 fully saturated rings. The van der Waals surface area contributed by atoms with E-state index >= 15 is 0 Å². The molecular weight excluding hydrogens is 416 g/mol. The molecule has 8 heteroatoms. The van der Waals surface area contributed by atoms with Crippen LogP contribution in [-0.4, -0.2) is 47.3 Å². The van der Waals surface area contributed by atoms with Crippen molar-refractivity contribution in [3.05, 3.63) is 35.4 Å². The lowest BCUT2D eigenvalue weighted by Crippen LogP contribution is -2.13. The number of benzene rings is 1. The van der Waals surface area contributed by atoms with Crippen LogP contribution in [0.25, 0.3) is 0 Å². The number of hydrogen-bond donors (Lipinski definition) is 2. The number of aliphatic hydroxyl groups is 1. The highest BCUT2D eigenvalue weighted by Crippen LogP contribution is 2.11. The first kappa shape index (κ1) is 27.3. The predicted molar refractivity (Wildman–Crippen MR) is 117 cm³/mol. The van der Waals surface area contributed by atoms with Gasteiger partial charge in [0.25, 0.3) is 0 Å². The lowest BCUT2D eigenvalue weighted by atomic mass is 10.1. The van der Waals surface area contributed by atoms with E-state index < -0.39 is 23.9 Å². The van der Waals surface area contributed by atoms with Gasteiger partial charge in [0.05, 0.1) is 17.7 Å². The van der Waals surface area contributed by atoms with Gasteiger partial charge in [0, 0.05) is 19.4 Å². The summed E-state index contributed by atoms with van der Waals surface area (Å²) in [7, 11) is 0. The Kier molecular flexibility index (Phi) is 14.4. The molecule has 0 bridgehead atoms. The average Bonchev–Trinajstić information content (AvgIpc) is 2.77. The highest BCUT2D eigenvalue weighted by molar-refractivity contribution is 5.98. The number of unbranched alkanes of at least 4 members (excludes halogenated alkanes) is 8. The molecule has 0 aliphatic rings. The molecule has 0 spiro atoms. The van der Waals surface area contributed by atoms with Gasteiger partial charge in [-0.25, -0.2) is 9.59 Å². The Morgan fingerprint density at radius 2 is 1.16 bits per heavy atom. The molecule has 2 N–H and O–H groups in total. The van der Waals surface area contributed by atoms with E-state index in [9.17, 15) is 19.2 Å². The summed E-state index contributed by atoms with van der Waals surface area (Å²) in [6.45, 7) is 0.596. The van der Waals surface area contributed by atoms with Crippen molar-refractivity contribution in [2.45, 2.75) is 77.0 Å². The van der Waals surface area contributed by atoms with Crippen molar-refractivity contribution >= 4 is 23.9 Å². The summed E-state index contributed by atoms with van der Waals surface area (Å²) >= 11 is 0. The minimum Gasteiger partial charge on any atom is -0.481 e. The maximum absolute atomic E-state index is 12.1. The molecule has 1 aromatic rings. The van der Waals surface area contributed by atoms with Crippen molar-refractivity contribution in [1.29, 1.82) is 0 Å². The van der Waals surface area contributed by atoms with E-state index in [0.717, 1.165) is 51.4 Å². The van der Waals surface area contributed by atoms with E-state index in [1.54, 1.807) is 0 Å². The smallest absolute Gasteiger partial charge is 0.345 e. The van der Waals surface area contributed by atoms with Crippen molar-refractivity contribution in [3.63, 3.8) is 0 Å². The van der Waals surface area contributed by atoms with E-state index in [4.69, 9.17) is 19.7 Å². The summed E-state index contributed by atoms with van der Waals surface area (Å²) < 4.78 is 9.98. The number of carbonyl (C=O) groups excluding carboxylic acids is 3. The first-order valence-electron chi connectivity index (χ1n) is 11.3. The molecule has 32 heavy (non-hydrogen) atoms. The Bertz CT molecular complexity index is 711. The Hall–Kier alpha value is -2.74. The summed E-state index contributed by atoms with van der Waals surface area (Å²) in [5, 5.41) is 17.3. The summed E-state index contributed by atoms with van der Waals surface area (Å²) in [6, 6.07) is 5.69. The molecule has 0 amide bonds. The van der Waals surface area contributed by atoms with Gasteiger partial charge in [-0.15, -0.1) is 0 Å². The van der Waals surface area contributed by atoms with Crippen LogP contribution in [-0.2, 0) is 19.1 Å². The van der Waals surface area contributed by atoms with Gasteiger partial charge in [-0.3, -0.25) is 9.59 Å². The number of rotatable bonds is 17.